The number of nitrogens with zero attached hydrogens (tertiary/aromatic N) is 3. The van der Waals surface area contributed by atoms with Gasteiger partial charge in [-0.25, -0.2) is 4.98 Å². The highest BCUT2D eigenvalue weighted by Crippen LogP contribution is 2.20. The van der Waals surface area contributed by atoms with Crippen molar-refractivity contribution in [2.75, 3.05) is 13.2 Å². The summed E-state index contributed by atoms with van der Waals surface area (Å²) in [5.74, 6) is 1.88. The fourth-order valence-corrected chi connectivity index (χ4v) is 2.20. The molecule has 20 heavy (non-hydrogen) atoms. The van der Waals surface area contributed by atoms with Crippen LogP contribution in [0, 0.1) is 0 Å². The summed E-state index contributed by atoms with van der Waals surface area (Å²) in [6.07, 6.45) is 2.41. The molecule has 0 aliphatic rings. The lowest BCUT2D eigenvalue weighted by molar-refractivity contribution is 0.340. The second kappa shape index (κ2) is 7.05. The second-order valence-electron chi connectivity index (χ2n) is 4.62. The minimum atomic E-state index is 0.235. The quantitative estimate of drug-likeness (QED) is 0.840. The molecule has 0 aliphatic heterocycles. The fraction of sp³-hybridized carbons (Fsp3) is 0.467. The maximum Gasteiger partial charge on any atom is 0.138 e. The standard InChI is InChI=1S/C15H22N4O/c1-4-16-14(10-15-17-11-18-19(15)3)12-6-8-13(9-7-12)20-5-2/h6-9,11,14,16H,4-5,10H2,1-3H3. The summed E-state index contributed by atoms with van der Waals surface area (Å²) >= 11 is 0. The third-order valence-corrected chi connectivity index (χ3v) is 3.24. The molecule has 2 aromatic rings. The van der Waals surface area contributed by atoms with Crippen LogP contribution in [0.3, 0.4) is 0 Å². The average Bonchev–Trinajstić information content (AvgIpc) is 2.85. The van der Waals surface area contributed by atoms with E-state index in [-0.39, 0.29) is 6.04 Å². The smallest absolute Gasteiger partial charge is 0.138 e. The summed E-state index contributed by atoms with van der Waals surface area (Å²) in [4.78, 5) is 4.30. The number of benzene rings is 1. The number of nitrogens with one attached hydrogen (secondary N) is 1. The highest BCUT2D eigenvalue weighted by atomic mass is 16.5. The van der Waals surface area contributed by atoms with Crippen molar-refractivity contribution in [2.45, 2.75) is 26.3 Å². The van der Waals surface area contributed by atoms with Crippen molar-refractivity contribution in [3.63, 3.8) is 0 Å². The molecule has 0 saturated heterocycles. The zero-order chi connectivity index (χ0) is 14.4. The topological polar surface area (TPSA) is 52.0 Å². The summed E-state index contributed by atoms with van der Waals surface area (Å²) in [5.41, 5.74) is 1.23. The molecule has 1 aromatic carbocycles. The molecule has 0 spiro atoms. The molecule has 1 unspecified atom stereocenters. The second-order valence-corrected chi connectivity index (χ2v) is 4.62. The van der Waals surface area contributed by atoms with Gasteiger partial charge in [-0.05, 0) is 31.2 Å². The Labute approximate surface area is 120 Å². The number of hydrogen-bond donors (Lipinski definition) is 1. The zero-order valence-electron chi connectivity index (χ0n) is 12.3. The summed E-state index contributed by atoms with van der Waals surface area (Å²) in [7, 11) is 1.92. The summed E-state index contributed by atoms with van der Waals surface area (Å²) < 4.78 is 7.30. The zero-order valence-corrected chi connectivity index (χ0v) is 12.3. The van der Waals surface area contributed by atoms with Crippen molar-refractivity contribution in [3.8, 4) is 5.75 Å². The molecule has 2 rings (SSSR count). The minimum Gasteiger partial charge on any atom is -0.494 e. The van der Waals surface area contributed by atoms with Gasteiger partial charge in [0, 0.05) is 19.5 Å². The van der Waals surface area contributed by atoms with E-state index in [1.54, 1.807) is 6.33 Å². The first-order valence-corrected chi connectivity index (χ1v) is 7.03. The van der Waals surface area contributed by atoms with E-state index >= 15 is 0 Å². The molecule has 0 bridgehead atoms. The lowest BCUT2D eigenvalue weighted by atomic mass is 10.0. The molecule has 0 saturated carbocycles. The van der Waals surface area contributed by atoms with Crippen LogP contribution in [0.4, 0.5) is 0 Å². The molecule has 5 nitrogen and oxygen atoms in total. The molecular formula is C15H22N4O. The number of ether oxygens (including phenoxy) is 1. The maximum atomic E-state index is 5.48. The van der Waals surface area contributed by atoms with E-state index in [9.17, 15) is 0 Å². The number of rotatable bonds is 7. The molecule has 0 radical (unpaired) electrons. The summed E-state index contributed by atoms with van der Waals surface area (Å²) in [6, 6.07) is 8.47. The van der Waals surface area contributed by atoms with Gasteiger partial charge in [0.25, 0.3) is 0 Å². The Balaban J connectivity index is 2.13. The predicted octanol–water partition coefficient (Wildman–Crippen LogP) is 2.11. The lowest BCUT2D eigenvalue weighted by Gasteiger charge is -2.18. The first kappa shape index (κ1) is 14.5. The van der Waals surface area contributed by atoms with Gasteiger partial charge >= 0.3 is 0 Å². The van der Waals surface area contributed by atoms with Gasteiger partial charge in [0.2, 0.25) is 0 Å². The van der Waals surface area contributed by atoms with Crippen molar-refractivity contribution in [3.05, 3.63) is 42.0 Å². The Morgan fingerprint density at radius 3 is 2.55 bits per heavy atom. The molecule has 1 N–H and O–H groups in total. The summed E-state index contributed by atoms with van der Waals surface area (Å²) in [5, 5.41) is 7.61. The molecule has 1 atom stereocenters. The Morgan fingerprint density at radius 1 is 1.25 bits per heavy atom. The normalized spacial score (nSPS) is 12.3. The van der Waals surface area contributed by atoms with Crippen molar-refractivity contribution in [1.29, 1.82) is 0 Å². The van der Waals surface area contributed by atoms with Gasteiger partial charge in [-0.15, -0.1) is 0 Å². The van der Waals surface area contributed by atoms with E-state index in [4.69, 9.17) is 4.74 Å². The third-order valence-electron chi connectivity index (χ3n) is 3.24. The first-order valence-electron chi connectivity index (χ1n) is 7.03. The van der Waals surface area contributed by atoms with Crippen molar-refractivity contribution < 1.29 is 4.74 Å². The number of aryl methyl sites for hydroxylation is 1. The van der Waals surface area contributed by atoms with E-state index in [1.807, 2.05) is 30.8 Å². The Morgan fingerprint density at radius 2 is 2.00 bits per heavy atom. The molecule has 108 valence electrons. The van der Waals surface area contributed by atoms with Gasteiger partial charge in [0.15, 0.2) is 0 Å². The van der Waals surface area contributed by atoms with Gasteiger partial charge < -0.3 is 10.1 Å². The van der Waals surface area contributed by atoms with E-state index in [0.29, 0.717) is 6.61 Å². The first-order chi connectivity index (χ1) is 9.74. The molecular weight excluding hydrogens is 252 g/mol. The number of hydrogen-bond acceptors (Lipinski definition) is 4. The van der Waals surface area contributed by atoms with Gasteiger partial charge in [-0.1, -0.05) is 19.1 Å². The van der Waals surface area contributed by atoms with Crippen molar-refractivity contribution in [1.82, 2.24) is 20.1 Å². The van der Waals surface area contributed by atoms with Crippen LogP contribution in [-0.4, -0.2) is 27.9 Å². The Hall–Kier alpha value is -1.88. The van der Waals surface area contributed by atoms with Crippen LogP contribution in [0.25, 0.3) is 0 Å². The summed E-state index contributed by atoms with van der Waals surface area (Å²) in [6.45, 7) is 5.70. The van der Waals surface area contributed by atoms with E-state index < -0.39 is 0 Å². The van der Waals surface area contributed by atoms with Crippen LogP contribution >= 0.6 is 0 Å². The van der Waals surface area contributed by atoms with Crippen LogP contribution in [0.1, 0.15) is 31.3 Å². The van der Waals surface area contributed by atoms with Crippen LogP contribution < -0.4 is 10.1 Å². The molecule has 0 aliphatic carbocycles. The molecule has 1 heterocycles. The van der Waals surface area contributed by atoms with E-state index in [2.05, 4.69) is 34.5 Å². The van der Waals surface area contributed by atoms with Gasteiger partial charge in [0.1, 0.15) is 17.9 Å². The van der Waals surface area contributed by atoms with E-state index in [0.717, 1.165) is 24.5 Å². The van der Waals surface area contributed by atoms with Gasteiger partial charge in [-0.3, -0.25) is 4.68 Å². The van der Waals surface area contributed by atoms with Crippen LogP contribution in [0.15, 0.2) is 30.6 Å². The Bertz CT molecular complexity index is 521. The maximum absolute atomic E-state index is 5.48. The number of likely N-dealkylation sites (N-methyl/N-ethyl adjacent to an activating group) is 1. The lowest BCUT2D eigenvalue weighted by Crippen LogP contribution is -2.24. The SMILES string of the molecule is CCNC(Cc1ncnn1C)c1ccc(OCC)cc1. The average molecular weight is 274 g/mol. The molecule has 1 aromatic heterocycles. The van der Waals surface area contributed by atoms with Crippen LogP contribution in [0.2, 0.25) is 0 Å². The Kier molecular flexibility index (Phi) is 5.12. The monoisotopic (exact) mass is 274 g/mol. The van der Waals surface area contributed by atoms with Crippen molar-refractivity contribution in [2.24, 2.45) is 7.05 Å². The molecule has 0 amide bonds. The third kappa shape index (κ3) is 3.57. The van der Waals surface area contributed by atoms with Crippen LogP contribution in [-0.2, 0) is 13.5 Å². The molecule has 5 heteroatoms. The highest BCUT2D eigenvalue weighted by molar-refractivity contribution is 5.29. The van der Waals surface area contributed by atoms with E-state index in [1.165, 1.54) is 5.56 Å². The van der Waals surface area contributed by atoms with Crippen molar-refractivity contribution >= 4 is 0 Å². The molecule has 0 fully saturated rings. The number of aromatic nitrogens is 3. The largest absolute Gasteiger partial charge is 0.494 e. The van der Waals surface area contributed by atoms with Gasteiger partial charge in [-0.2, -0.15) is 5.10 Å². The minimum absolute atomic E-state index is 0.235. The van der Waals surface area contributed by atoms with Crippen LogP contribution in [0.5, 0.6) is 5.75 Å². The fourth-order valence-electron chi connectivity index (χ4n) is 2.20. The predicted molar refractivity (Wildman–Crippen MR) is 78.7 cm³/mol. The highest BCUT2D eigenvalue weighted by Gasteiger charge is 2.14. The van der Waals surface area contributed by atoms with Gasteiger partial charge in [0.05, 0.1) is 6.61 Å².